The van der Waals surface area contributed by atoms with Crippen LogP contribution >= 0.6 is 27.5 Å². The molecule has 0 spiro atoms. The number of methoxy groups -OCH3 is 1. The van der Waals surface area contributed by atoms with Crippen LogP contribution in [0.1, 0.15) is 22.6 Å². The van der Waals surface area contributed by atoms with Crippen molar-refractivity contribution in [1.29, 1.82) is 0 Å². The standard InChI is InChI=1S/C8H5BrClF2NO2/c1-15-4-2-3(7(10)14)13-6(5(4)9)8(11)12/h2,8H,1H3. The number of nitrogens with zero attached hydrogens (tertiary/aromatic N) is 1. The number of rotatable bonds is 3. The fourth-order valence-corrected chi connectivity index (χ4v) is 1.55. The monoisotopic (exact) mass is 299 g/mol. The van der Waals surface area contributed by atoms with Crippen LogP contribution in [0.2, 0.25) is 0 Å². The second kappa shape index (κ2) is 4.85. The maximum absolute atomic E-state index is 12.5. The summed E-state index contributed by atoms with van der Waals surface area (Å²) in [4.78, 5) is 14.2. The molecule has 1 aromatic rings. The number of ether oxygens (including phenoxy) is 1. The van der Waals surface area contributed by atoms with Gasteiger partial charge >= 0.3 is 0 Å². The zero-order valence-electron chi connectivity index (χ0n) is 7.43. The second-order valence-electron chi connectivity index (χ2n) is 2.48. The largest absolute Gasteiger partial charge is 0.495 e. The van der Waals surface area contributed by atoms with Gasteiger partial charge in [0.25, 0.3) is 11.7 Å². The highest BCUT2D eigenvalue weighted by Crippen LogP contribution is 2.34. The van der Waals surface area contributed by atoms with Gasteiger partial charge in [0, 0.05) is 6.07 Å². The Labute approximate surface area is 97.5 Å². The molecule has 0 saturated heterocycles. The average Bonchev–Trinajstić information content (AvgIpc) is 2.17. The molecule has 0 radical (unpaired) electrons. The summed E-state index contributed by atoms with van der Waals surface area (Å²) in [5, 5.41) is -0.914. The average molecular weight is 300 g/mol. The van der Waals surface area contributed by atoms with Gasteiger partial charge in [0.1, 0.15) is 17.1 Å². The van der Waals surface area contributed by atoms with E-state index in [2.05, 4.69) is 20.9 Å². The van der Waals surface area contributed by atoms with Gasteiger partial charge in [-0.25, -0.2) is 13.8 Å². The van der Waals surface area contributed by atoms with Crippen LogP contribution in [0.25, 0.3) is 0 Å². The molecule has 1 rings (SSSR count). The predicted molar refractivity (Wildman–Crippen MR) is 53.6 cm³/mol. The fourth-order valence-electron chi connectivity index (χ4n) is 0.919. The molecular formula is C8H5BrClF2NO2. The molecule has 0 fully saturated rings. The lowest BCUT2D eigenvalue weighted by Gasteiger charge is -2.08. The number of hydrogen-bond acceptors (Lipinski definition) is 3. The molecule has 0 N–H and O–H groups in total. The van der Waals surface area contributed by atoms with E-state index in [-0.39, 0.29) is 15.9 Å². The lowest BCUT2D eigenvalue weighted by molar-refractivity contribution is 0.107. The number of hydrogen-bond donors (Lipinski definition) is 0. The van der Waals surface area contributed by atoms with E-state index < -0.39 is 17.4 Å². The third-order valence-corrected chi connectivity index (χ3v) is 2.57. The van der Waals surface area contributed by atoms with Gasteiger partial charge in [-0.3, -0.25) is 4.79 Å². The van der Waals surface area contributed by atoms with Gasteiger partial charge < -0.3 is 4.74 Å². The first-order chi connectivity index (χ1) is 6.97. The quantitative estimate of drug-likeness (QED) is 0.805. The molecule has 0 atom stereocenters. The normalized spacial score (nSPS) is 10.5. The van der Waals surface area contributed by atoms with Crippen molar-refractivity contribution in [3.05, 3.63) is 21.9 Å². The van der Waals surface area contributed by atoms with Crippen LogP contribution in [-0.4, -0.2) is 17.3 Å². The van der Waals surface area contributed by atoms with Crippen molar-refractivity contribution in [2.24, 2.45) is 0 Å². The summed E-state index contributed by atoms with van der Waals surface area (Å²) >= 11 is 8.05. The summed E-state index contributed by atoms with van der Waals surface area (Å²) in [6.07, 6.45) is -2.82. The molecular weight excluding hydrogens is 295 g/mol. The Bertz CT molecular complexity index is 400. The Morgan fingerprint density at radius 2 is 2.27 bits per heavy atom. The Balaban J connectivity index is 3.38. The molecule has 0 aromatic carbocycles. The van der Waals surface area contributed by atoms with Crippen LogP contribution in [0.5, 0.6) is 5.75 Å². The second-order valence-corrected chi connectivity index (χ2v) is 3.62. The molecule has 0 aliphatic heterocycles. The highest BCUT2D eigenvalue weighted by Gasteiger charge is 2.20. The van der Waals surface area contributed by atoms with Crippen molar-refractivity contribution in [2.45, 2.75) is 6.43 Å². The molecule has 15 heavy (non-hydrogen) atoms. The lowest BCUT2D eigenvalue weighted by atomic mass is 10.3. The Morgan fingerprint density at radius 1 is 1.67 bits per heavy atom. The Morgan fingerprint density at radius 3 is 2.67 bits per heavy atom. The molecule has 0 bridgehead atoms. The van der Waals surface area contributed by atoms with Gasteiger partial charge in [0.2, 0.25) is 0 Å². The van der Waals surface area contributed by atoms with Gasteiger partial charge in [-0.2, -0.15) is 0 Å². The number of carbonyl (C=O) groups is 1. The first kappa shape index (κ1) is 12.3. The molecule has 0 unspecified atom stereocenters. The van der Waals surface area contributed by atoms with Crippen LogP contribution in [0.4, 0.5) is 8.78 Å². The molecule has 0 saturated carbocycles. The van der Waals surface area contributed by atoms with Crippen LogP contribution in [0.3, 0.4) is 0 Å². The van der Waals surface area contributed by atoms with Crippen LogP contribution in [-0.2, 0) is 0 Å². The minimum atomic E-state index is -2.82. The van der Waals surface area contributed by atoms with Crippen molar-refractivity contribution in [2.75, 3.05) is 7.11 Å². The topological polar surface area (TPSA) is 39.2 Å². The summed E-state index contributed by atoms with van der Waals surface area (Å²) < 4.78 is 29.8. The molecule has 7 heteroatoms. The number of carbonyl (C=O) groups excluding carboxylic acids is 1. The highest BCUT2D eigenvalue weighted by atomic mass is 79.9. The first-order valence-corrected chi connectivity index (χ1v) is 4.87. The highest BCUT2D eigenvalue weighted by molar-refractivity contribution is 9.10. The molecule has 1 heterocycles. The van der Waals surface area contributed by atoms with Crippen molar-refractivity contribution >= 4 is 32.8 Å². The van der Waals surface area contributed by atoms with E-state index in [4.69, 9.17) is 16.3 Å². The minimum Gasteiger partial charge on any atom is -0.495 e. The molecule has 0 amide bonds. The number of aromatic nitrogens is 1. The van der Waals surface area contributed by atoms with Gasteiger partial charge in [-0.15, -0.1) is 0 Å². The summed E-state index contributed by atoms with van der Waals surface area (Å²) in [6, 6.07) is 1.19. The van der Waals surface area contributed by atoms with Gasteiger partial charge in [0.05, 0.1) is 11.6 Å². The number of halogens is 4. The minimum absolute atomic E-state index is 0.0154. The van der Waals surface area contributed by atoms with E-state index in [0.29, 0.717) is 0 Å². The zero-order chi connectivity index (χ0) is 11.6. The summed E-state index contributed by atoms with van der Waals surface area (Å²) in [6.45, 7) is 0. The Kier molecular flexibility index (Phi) is 3.98. The smallest absolute Gasteiger partial charge is 0.281 e. The number of alkyl halides is 2. The molecule has 3 nitrogen and oxygen atoms in total. The van der Waals surface area contributed by atoms with Crippen LogP contribution in [0, 0.1) is 0 Å². The molecule has 1 aromatic heterocycles. The van der Waals surface area contributed by atoms with E-state index >= 15 is 0 Å². The van der Waals surface area contributed by atoms with E-state index in [9.17, 15) is 13.6 Å². The molecule has 0 aliphatic rings. The lowest BCUT2D eigenvalue weighted by Crippen LogP contribution is -2.02. The van der Waals surface area contributed by atoms with Crippen LogP contribution < -0.4 is 4.74 Å². The third-order valence-electron chi connectivity index (χ3n) is 1.58. The summed E-state index contributed by atoms with van der Waals surface area (Å²) in [5.74, 6) is 0.0873. The van der Waals surface area contributed by atoms with Gasteiger partial charge in [-0.05, 0) is 27.5 Å². The summed E-state index contributed by atoms with van der Waals surface area (Å²) in [5.41, 5.74) is -0.842. The molecule has 0 aliphatic carbocycles. The zero-order valence-corrected chi connectivity index (χ0v) is 9.77. The van der Waals surface area contributed by atoms with Crippen molar-refractivity contribution in [3.8, 4) is 5.75 Å². The van der Waals surface area contributed by atoms with E-state index in [0.717, 1.165) is 0 Å². The number of pyridine rings is 1. The predicted octanol–water partition coefficient (Wildman–Crippen LogP) is 3.17. The van der Waals surface area contributed by atoms with E-state index in [1.165, 1.54) is 13.2 Å². The maximum atomic E-state index is 12.5. The SMILES string of the molecule is COc1cc(C(=O)Cl)nc(C(F)F)c1Br. The van der Waals surface area contributed by atoms with Gasteiger partial charge in [-0.1, -0.05) is 0 Å². The van der Waals surface area contributed by atoms with E-state index in [1.807, 2.05) is 0 Å². The van der Waals surface area contributed by atoms with Crippen molar-refractivity contribution < 1.29 is 18.3 Å². The van der Waals surface area contributed by atoms with Crippen molar-refractivity contribution in [3.63, 3.8) is 0 Å². The maximum Gasteiger partial charge on any atom is 0.281 e. The van der Waals surface area contributed by atoms with E-state index in [1.54, 1.807) is 0 Å². The van der Waals surface area contributed by atoms with Gasteiger partial charge in [0.15, 0.2) is 0 Å². The fraction of sp³-hybridized carbons (Fsp3) is 0.250. The summed E-state index contributed by atoms with van der Waals surface area (Å²) in [7, 11) is 1.29. The van der Waals surface area contributed by atoms with Crippen LogP contribution in [0.15, 0.2) is 10.5 Å². The Hall–Kier alpha value is -0.750. The third kappa shape index (κ3) is 2.63. The van der Waals surface area contributed by atoms with Crippen molar-refractivity contribution in [1.82, 2.24) is 4.98 Å². The molecule has 82 valence electrons. The first-order valence-electron chi connectivity index (χ1n) is 3.69.